The van der Waals surface area contributed by atoms with Crippen molar-refractivity contribution in [2.75, 3.05) is 13.2 Å². The molecule has 1 aliphatic heterocycles. The molecule has 1 fully saturated rings. The summed E-state index contributed by atoms with van der Waals surface area (Å²) in [7, 11) is 0. The standard InChI is InChI=1S/C14H27NO3/c1-10(2)5-7-14(4,17)9-15-13(16)12-11(3)6-8-18-12/h10-12,17H,5-9H2,1-4H3,(H,15,16). The summed E-state index contributed by atoms with van der Waals surface area (Å²) in [5.74, 6) is 0.737. The van der Waals surface area contributed by atoms with E-state index in [1.54, 1.807) is 6.92 Å². The van der Waals surface area contributed by atoms with Crippen LogP contribution in [0.3, 0.4) is 0 Å². The average molecular weight is 257 g/mol. The molecule has 0 radical (unpaired) electrons. The number of ether oxygens (including phenoxy) is 1. The van der Waals surface area contributed by atoms with Crippen LogP contribution < -0.4 is 5.32 Å². The molecule has 1 saturated heterocycles. The molecule has 1 rings (SSSR count). The van der Waals surface area contributed by atoms with Crippen LogP contribution in [-0.2, 0) is 9.53 Å². The summed E-state index contributed by atoms with van der Waals surface area (Å²) >= 11 is 0. The van der Waals surface area contributed by atoms with Gasteiger partial charge in [0, 0.05) is 13.2 Å². The maximum absolute atomic E-state index is 11.9. The molecule has 18 heavy (non-hydrogen) atoms. The molecule has 4 heteroatoms. The third-order valence-corrected chi connectivity index (χ3v) is 3.55. The van der Waals surface area contributed by atoms with Gasteiger partial charge in [0.25, 0.3) is 0 Å². The van der Waals surface area contributed by atoms with Gasteiger partial charge in [0.2, 0.25) is 5.91 Å². The van der Waals surface area contributed by atoms with E-state index in [2.05, 4.69) is 19.2 Å². The first-order valence-electron chi connectivity index (χ1n) is 6.93. The molecule has 1 aliphatic rings. The summed E-state index contributed by atoms with van der Waals surface area (Å²) in [6.45, 7) is 9.00. The molecule has 0 saturated carbocycles. The lowest BCUT2D eigenvalue weighted by Crippen LogP contribution is -2.45. The fourth-order valence-electron chi connectivity index (χ4n) is 2.10. The number of rotatable bonds is 6. The number of hydrogen-bond donors (Lipinski definition) is 2. The highest BCUT2D eigenvalue weighted by molar-refractivity contribution is 5.81. The van der Waals surface area contributed by atoms with Gasteiger partial charge >= 0.3 is 0 Å². The SMILES string of the molecule is CC(C)CCC(C)(O)CNC(=O)C1OCCC1C. The number of amides is 1. The van der Waals surface area contributed by atoms with Crippen molar-refractivity contribution in [3.63, 3.8) is 0 Å². The van der Waals surface area contributed by atoms with Crippen molar-refractivity contribution in [3.8, 4) is 0 Å². The predicted octanol–water partition coefficient (Wildman–Crippen LogP) is 1.71. The van der Waals surface area contributed by atoms with Crippen LogP contribution in [0.4, 0.5) is 0 Å². The number of aliphatic hydroxyl groups is 1. The molecule has 4 nitrogen and oxygen atoms in total. The van der Waals surface area contributed by atoms with Crippen LogP contribution in [0.5, 0.6) is 0 Å². The van der Waals surface area contributed by atoms with E-state index in [1.807, 2.05) is 6.92 Å². The van der Waals surface area contributed by atoms with Gasteiger partial charge in [-0.1, -0.05) is 20.8 Å². The van der Waals surface area contributed by atoms with Crippen LogP contribution >= 0.6 is 0 Å². The Morgan fingerprint density at radius 3 is 2.72 bits per heavy atom. The van der Waals surface area contributed by atoms with Crippen LogP contribution in [0, 0.1) is 11.8 Å². The molecular formula is C14H27NO3. The van der Waals surface area contributed by atoms with E-state index in [0.29, 0.717) is 25.5 Å². The van der Waals surface area contributed by atoms with Crippen molar-refractivity contribution in [2.45, 2.75) is 58.7 Å². The zero-order valence-corrected chi connectivity index (χ0v) is 12.0. The van der Waals surface area contributed by atoms with Crippen molar-refractivity contribution in [2.24, 2.45) is 11.8 Å². The Balaban J connectivity index is 2.32. The molecule has 3 atom stereocenters. The second-order valence-corrected chi connectivity index (χ2v) is 6.20. The quantitative estimate of drug-likeness (QED) is 0.761. The average Bonchev–Trinajstić information content (AvgIpc) is 2.70. The van der Waals surface area contributed by atoms with E-state index in [1.165, 1.54) is 0 Å². The summed E-state index contributed by atoms with van der Waals surface area (Å²) in [5, 5.41) is 13.0. The summed E-state index contributed by atoms with van der Waals surface area (Å²) in [4.78, 5) is 11.9. The number of carbonyl (C=O) groups is 1. The van der Waals surface area contributed by atoms with Gasteiger partial charge in [-0.15, -0.1) is 0 Å². The molecule has 1 amide bonds. The number of carbonyl (C=O) groups excluding carboxylic acids is 1. The molecule has 3 unspecified atom stereocenters. The van der Waals surface area contributed by atoms with Gasteiger partial charge in [0.1, 0.15) is 6.10 Å². The van der Waals surface area contributed by atoms with Crippen molar-refractivity contribution in [3.05, 3.63) is 0 Å². The summed E-state index contributed by atoms with van der Waals surface area (Å²) < 4.78 is 5.40. The largest absolute Gasteiger partial charge is 0.388 e. The van der Waals surface area contributed by atoms with E-state index in [-0.39, 0.29) is 17.9 Å². The normalized spacial score (nSPS) is 27.2. The minimum absolute atomic E-state index is 0.0928. The van der Waals surface area contributed by atoms with Gasteiger partial charge in [-0.05, 0) is 38.0 Å². The van der Waals surface area contributed by atoms with Crippen LogP contribution in [-0.4, -0.2) is 35.9 Å². The first-order valence-corrected chi connectivity index (χ1v) is 6.93. The second kappa shape index (κ2) is 6.53. The highest BCUT2D eigenvalue weighted by atomic mass is 16.5. The number of hydrogen-bond acceptors (Lipinski definition) is 3. The predicted molar refractivity (Wildman–Crippen MR) is 71.2 cm³/mol. The van der Waals surface area contributed by atoms with Crippen molar-refractivity contribution >= 4 is 5.91 Å². The lowest BCUT2D eigenvalue weighted by Gasteiger charge is -2.25. The summed E-state index contributed by atoms with van der Waals surface area (Å²) in [6, 6.07) is 0. The smallest absolute Gasteiger partial charge is 0.249 e. The molecule has 0 aromatic heterocycles. The monoisotopic (exact) mass is 257 g/mol. The molecular weight excluding hydrogens is 230 g/mol. The zero-order chi connectivity index (χ0) is 13.8. The lowest BCUT2D eigenvalue weighted by molar-refractivity contribution is -0.132. The Labute approximate surface area is 110 Å². The fourth-order valence-corrected chi connectivity index (χ4v) is 2.10. The zero-order valence-electron chi connectivity index (χ0n) is 12.0. The first kappa shape index (κ1) is 15.4. The molecule has 1 heterocycles. The van der Waals surface area contributed by atoms with E-state index < -0.39 is 5.60 Å². The third-order valence-electron chi connectivity index (χ3n) is 3.55. The molecule has 0 bridgehead atoms. The van der Waals surface area contributed by atoms with E-state index in [0.717, 1.165) is 12.8 Å². The first-order chi connectivity index (χ1) is 8.32. The topological polar surface area (TPSA) is 58.6 Å². The third kappa shape index (κ3) is 4.94. The second-order valence-electron chi connectivity index (χ2n) is 6.20. The Kier molecular flexibility index (Phi) is 5.60. The minimum atomic E-state index is -0.832. The van der Waals surface area contributed by atoms with E-state index in [4.69, 9.17) is 4.74 Å². The fraction of sp³-hybridized carbons (Fsp3) is 0.929. The molecule has 0 aromatic rings. The van der Waals surface area contributed by atoms with E-state index >= 15 is 0 Å². The van der Waals surface area contributed by atoms with Gasteiger partial charge in [0.15, 0.2) is 0 Å². The van der Waals surface area contributed by atoms with Gasteiger partial charge in [0.05, 0.1) is 5.60 Å². The molecule has 0 aromatic carbocycles. The van der Waals surface area contributed by atoms with Crippen LogP contribution in [0.2, 0.25) is 0 Å². The van der Waals surface area contributed by atoms with Crippen LogP contribution in [0.1, 0.15) is 47.0 Å². The molecule has 0 aliphatic carbocycles. The van der Waals surface area contributed by atoms with Gasteiger partial charge < -0.3 is 15.2 Å². The van der Waals surface area contributed by atoms with Crippen molar-refractivity contribution in [1.82, 2.24) is 5.32 Å². The van der Waals surface area contributed by atoms with Crippen molar-refractivity contribution < 1.29 is 14.6 Å². The Morgan fingerprint density at radius 2 is 2.22 bits per heavy atom. The highest BCUT2D eigenvalue weighted by Crippen LogP contribution is 2.20. The van der Waals surface area contributed by atoms with E-state index in [9.17, 15) is 9.90 Å². The van der Waals surface area contributed by atoms with Gasteiger partial charge in [-0.3, -0.25) is 4.79 Å². The number of nitrogens with one attached hydrogen (secondary N) is 1. The van der Waals surface area contributed by atoms with Gasteiger partial charge in [-0.25, -0.2) is 0 Å². The summed E-state index contributed by atoms with van der Waals surface area (Å²) in [5.41, 5.74) is -0.832. The maximum atomic E-state index is 11.9. The molecule has 0 spiro atoms. The Bertz CT molecular complexity index is 276. The highest BCUT2D eigenvalue weighted by Gasteiger charge is 2.32. The van der Waals surface area contributed by atoms with Gasteiger partial charge in [-0.2, -0.15) is 0 Å². The molecule has 106 valence electrons. The lowest BCUT2D eigenvalue weighted by atomic mass is 9.95. The summed E-state index contributed by atoms with van der Waals surface area (Å²) in [6.07, 6.45) is 2.25. The van der Waals surface area contributed by atoms with Crippen LogP contribution in [0.25, 0.3) is 0 Å². The minimum Gasteiger partial charge on any atom is -0.388 e. The molecule has 2 N–H and O–H groups in total. The van der Waals surface area contributed by atoms with Crippen LogP contribution in [0.15, 0.2) is 0 Å². The Hall–Kier alpha value is -0.610. The maximum Gasteiger partial charge on any atom is 0.249 e. The van der Waals surface area contributed by atoms with Crippen molar-refractivity contribution in [1.29, 1.82) is 0 Å². The Morgan fingerprint density at radius 1 is 1.56 bits per heavy atom.